The molecule has 0 spiro atoms. The Morgan fingerprint density at radius 1 is 1.17 bits per heavy atom. The number of methoxy groups -OCH3 is 1. The molecule has 4 heterocycles. The fourth-order valence-electron chi connectivity index (χ4n) is 5.86. The van der Waals surface area contributed by atoms with Crippen LogP contribution in [-0.2, 0) is 29.1 Å². The van der Waals surface area contributed by atoms with Gasteiger partial charge in [0.05, 0.1) is 44.7 Å². The van der Waals surface area contributed by atoms with Crippen molar-refractivity contribution in [2.75, 3.05) is 33.4 Å². The first-order valence-corrected chi connectivity index (χ1v) is 12.5. The summed E-state index contributed by atoms with van der Waals surface area (Å²) in [6.45, 7) is 3.40. The minimum absolute atomic E-state index is 0.0601. The third kappa shape index (κ3) is 4.75. The van der Waals surface area contributed by atoms with E-state index in [0.717, 1.165) is 24.3 Å². The van der Waals surface area contributed by atoms with Crippen molar-refractivity contribution in [1.29, 1.82) is 0 Å². The predicted octanol–water partition coefficient (Wildman–Crippen LogP) is 1.74. The zero-order valence-corrected chi connectivity index (χ0v) is 20.2. The van der Waals surface area contributed by atoms with Gasteiger partial charge in [0.1, 0.15) is 12.3 Å². The Balaban J connectivity index is 1.39. The predicted molar refractivity (Wildman–Crippen MR) is 128 cm³/mol. The van der Waals surface area contributed by atoms with Crippen molar-refractivity contribution in [2.45, 2.75) is 51.3 Å². The van der Waals surface area contributed by atoms with Crippen LogP contribution in [0.25, 0.3) is 0 Å². The third-order valence-corrected chi connectivity index (χ3v) is 7.85. The van der Waals surface area contributed by atoms with Crippen molar-refractivity contribution in [3.8, 4) is 5.75 Å². The number of ether oxygens (including phenoxy) is 2. The second-order valence-corrected chi connectivity index (χ2v) is 9.88. The molecule has 2 fully saturated rings. The molecule has 9 nitrogen and oxygen atoms in total. The lowest BCUT2D eigenvalue weighted by Gasteiger charge is -2.48. The number of Topliss-reactive ketones (excluding diaryl/α,β-unsaturated/α-hetero) is 1. The van der Waals surface area contributed by atoms with Crippen molar-refractivity contribution in [1.82, 2.24) is 15.3 Å². The Morgan fingerprint density at radius 2 is 1.94 bits per heavy atom. The van der Waals surface area contributed by atoms with Crippen molar-refractivity contribution >= 4 is 11.7 Å². The number of likely N-dealkylation sites (tertiary alicyclic amines) is 1. The van der Waals surface area contributed by atoms with Gasteiger partial charge in [-0.2, -0.15) is 0 Å². The molecule has 5 rings (SSSR count). The lowest BCUT2D eigenvalue weighted by Crippen LogP contribution is -2.65. The van der Waals surface area contributed by atoms with Crippen molar-refractivity contribution in [2.24, 2.45) is 5.92 Å². The lowest BCUT2D eigenvalue weighted by atomic mass is 9.85. The van der Waals surface area contributed by atoms with E-state index in [0.29, 0.717) is 73.5 Å². The monoisotopic (exact) mass is 481 g/mol. The van der Waals surface area contributed by atoms with Crippen LogP contribution in [0, 0.1) is 5.92 Å². The Hall–Kier alpha value is -3.04. The summed E-state index contributed by atoms with van der Waals surface area (Å²) >= 11 is 0. The molecular formula is C26H33N4O5+. The maximum Gasteiger partial charge on any atom is 0.278 e. The molecule has 0 saturated carbocycles. The molecule has 2 N–H and O–H groups in total. The number of nitrogens with one attached hydrogen (secondary N) is 2. The summed E-state index contributed by atoms with van der Waals surface area (Å²) in [4.78, 5) is 46.6. The highest BCUT2D eigenvalue weighted by Crippen LogP contribution is 2.33. The van der Waals surface area contributed by atoms with Gasteiger partial charge in [-0.3, -0.25) is 14.4 Å². The van der Waals surface area contributed by atoms with Crippen LogP contribution < -0.4 is 15.6 Å². The van der Waals surface area contributed by atoms with Gasteiger partial charge in [-0.15, -0.1) is 0 Å². The number of carbonyl (C=O) groups is 2. The van der Waals surface area contributed by atoms with Crippen molar-refractivity contribution < 1.29 is 23.5 Å². The molecule has 1 amide bonds. The maximum atomic E-state index is 13.2. The summed E-state index contributed by atoms with van der Waals surface area (Å²) in [6, 6.07) is 7.05. The highest BCUT2D eigenvalue weighted by Gasteiger charge is 2.47. The van der Waals surface area contributed by atoms with Crippen LogP contribution in [0.5, 0.6) is 5.75 Å². The van der Waals surface area contributed by atoms with Crippen LogP contribution in [0.1, 0.15) is 53.1 Å². The van der Waals surface area contributed by atoms with Crippen LogP contribution in [-0.4, -0.2) is 65.5 Å². The highest BCUT2D eigenvalue weighted by atomic mass is 16.5. The van der Waals surface area contributed by atoms with Gasteiger partial charge in [-0.1, -0.05) is 0 Å². The first-order chi connectivity index (χ1) is 17.0. The number of fused-ring (bicyclic) bond motifs is 1. The topological polar surface area (TPSA) is 110 Å². The smallest absolute Gasteiger partial charge is 0.278 e. The van der Waals surface area contributed by atoms with E-state index in [1.165, 1.54) is 0 Å². The van der Waals surface area contributed by atoms with E-state index in [1.54, 1.807) is 7.11 Å². The molecule has 0 unspecified atom stereocenters. The average Bonchev–Trinajstić information content (AvgIpc) is 2.89. The molecule has 186 valence electrons. The van der Waals surface area contributed by atoms with Gasteiger partial charge in [0.25, 0.3) is 11.5 Å². The van der Waals surface area contributed by atoms with Gasteiger partial charge in [-0.25, -0.2) is 4.98 Å². The van der Waals surface area contributed by atoms with Crippen molar-refractivity contribution in [3.63, 3.8) is 0 Å². The standard InChI is InChI=1S/C26H32N4O5/c1-34-19-6-4-17(5-7-19)24(31)18-8-12-30(13-9-18,22-3-2-11-27-26(22)33)15-23-28-21-10-14-35-16-20(21)25(32)29-23/h4-7,18,22H,2-3,8-16H2,1H3,(H-,27,28,29,32,33)/p+1/t18?,22-,30?/m0/s1. The zero-order valence-electron chi connectivity index (χ0n) is 20.2. The van der Waals surface area contributed by atoms with Crippen LogP contribution in [0.3, 0.4) is 0 Å². The first-order valence-electron chi connectivity index (χ1n) is 12.5. The van der Waals surface area contributed by atoms with E-state index in [-0.39, 0.29) is 35.8 Å². The van der Waals surface area contributed by atoms with Gasteiger partial charge < -0.3 is 24.3 Å². The normalized spacial score (nSPS) is 26.5. The third-order valence-electron chi connectivity index (χ3n) is 7.85. The number of hydrogen-bond donors (Lipinski definition) is 2. The Kier molecular flexibility index (Phi) is 6.71. The van der Waals surface area contributed by atoms with Crippen LogP contribution >= 0.6 is 0 Å². The van der Waals surface area contributed by atoms with Crippen LogP contribution in [0.4, 0.5) is 0 Å². The quantitative estimate of drug-likeness (QED) is 0.480. The number of carbonyl (C=O) groups excluding carboxylic acids is 2. The fourth-order valence-corrected chi connectivity index (χ4v) is 5.86. The number of hydrogen-bond acceptors (Lipinski definition) is 6. The van der Waals surface area contributed by atoms with Crippen molar-refractivity contribution in [3.05, 3.63) is 57.3 Å². The number of aromatic nitrogens is 2. The molecule has 2 aromatic rings. The molecule has 1 aromatic carbocycles. The summed E-state index contributed by atoms with van der Waals surface area (Å²) < 4.78 is 11.2. The van der Waals surface area contributed by atoms with Crippen LogP contribution in [0.15, 0.2) is 29.1 Å². The van der Waals surface area contributed by atoms with E-state index >= 15 is 0 Å². The maximum absolute atomic E-state index is 13.2. The van der Waals surface area contributed by atoms with E-state index in [2.05, 4.69) is 10.3 Å². The SMILES string of the molecule is COc1ccc(C(=O)C2CC[N+](Cc3nc4c(c(=O)[nH]3)COCC4)([C@H]3CCCNC3=O)CC2)cc1. The van der Waals surface area contributed by atoms with Gasteiger partial charge >= 0.3 is 0 Å². The Labute approximate surface area is 204 Å². The highest BCUT2D eigenvalue weighted by molar-refractivity contribution is 5.98. The minimum Gasteiger partial charge on any atom is -0.497 e. The molecule has 3 aliphatic heterocycles. The summed E-state index contributed by atoms with van der Waals surface area (Å²) in [5, 5.41) is 3.03. The van der Waals surface area contributed by atoms with Gasteiger partial charge in [-0.05, 0) is 30.7 Å². The van der Waals surface area contributed by atoms with E-state index < -0.39 is 0 Å². The first kappa shape index (κ1) is 23.7. The number of nitrogens with zero attached hydrogens (tertiary/aromatic N) is 2. The van der Waals surface area contributed by atoms with Crippen LogP contribution in [0.2, 0.25) is 0 Å². The molecule has 3 aliphatic rings. The van der Waals surface area contributed by atoms with Gasteiger partial charge in [0.2, 0.25) is 0 Å². The van der Waals surface area contributed by atoms with Gasteiger partial charge in [0, 0.05) is 43.7 Å². The molecule has 1 atom stereocenters. The fraction of sp³-hybridized carbons (Fsp3) is 0.538. The number of aromatic amines is 1. The summed E-state index contributed by atoms with van der Waals surface area (Å²) in [7, 11) is 1.61. The Bertz CT molecular complexity index is 1150. The number of H-pyrrole nitrogens is 1. The molecule has 2 saturated heterocycles. The molecule has 35 heavy (non-hydrogen) atoms. The molecule has 1 aromatic heterocycles. The average molecular weight is 482 g/mol. The van der Waals surface area contributed by atoms with Gasteiger partial charge in [0.15, 0.2) is 17.6 Å². The molecular weight excluding hydrogens is 448 g/mol. The summed E-state index contributed by atoms with van der Waals surface area (Å²) in [5.74, 6) is 1.45. The largest absolute Gasteiger partial charge is 0.497 e. The minimum atomic E-state index is -0.203. The summed E-state index contributed by atoms with van der Waals surface area (Å²) in [6.07, 6.45) is 3.73. The second-order valence-electron chi connectivity index (χ2n) is 9.88. The number of amides is 1. The van der Waals surface area contributed by atoms with E-state index in [1.807, 2.05) is 24.3 Å². The second kappa shape index (κ2) is 9.91. The molecule has 9 heteroatoms. The number of piperidine rings is 2. The Morgan fingerprint density at radius 3 is 2.66 bits per heavy atom. The van der Waals surface area contributed by atoms with E-state index in [4.69, 9.17) is 14.5 Å². The molecule has 0 radical (unpaired) electrons. The number of ketones is 1. The number of quaternary nitrogens is 1. The lowest BCUT2D eigenvalue weighted by molar-refractivity contribution is -0.961. The van der Waals surface area contributed by atoms with E-state index in [9.17, 15) is 14.4 Å². The number of rotatable bonds is 6. The summed E-state index contributed by atoms with van der Waals surface area (Å²) in [5.41, 5.74) is 1.94. The molecule has 0 aliphatic carbocycles. The zero-order chi connectivity index (χ0) is 24.4. The molecule has 0 bridgehead atoms. The number of benzene rings is 1.